The van der Waals surface area contributed by atoms with Crippen molar-refractivity contribution in [3.8, 4) is 0 Å². The minimum absolute atomic E-state index is 0.351. The smallest absolute Gasteiger partial charge is 0.249 e. The summed E-state index contributed by atoms with van der Waals surface area (Å²) in [4.78, 5) is 14.4. The van der Waals surface area contributed by atoms with E-state index in [9.17, 15) is 4.79 Å². The minimum Gasteiger partial charge on any atom is -0.366 e. The molecule has 0 saturated carbocycles. The van der Waals surface area contributed by atoms with E-state index in [1.54, 1.807) is 11.3 Å². The molecule has 1 heterocycles. The molecule has 3 N–H and O–H groups in total. The molecule has 0 atom stereocenters. The molecule has 4 nitrogen and oxygen atoms in total. The quantitative estimate of drug-likeness (QED) is 0.706. The Morgan fingerprint density at radius 1 is 1.56 bits per heavy atom. The third-order valence-corrected chi connectivity index (χ3v) is 3.92. The van der Waals surface area contributed by atoms with Crippen molar-refractivity contribution in [3.63, 3.8) is 0 Å². The van der Waals surface area contributed by atoms with Crippen LogP contribution in [-0.2, 0) is 6.54 Å². The van der Waals surface area contributed by atoms with E-state index in [0.29, 0.717) is 11.6 Å². The molecule has 0 aliphatic carbocycles. The summed E-state index contributed by atoms with van der Waals surface area (Å²) in [6.45, 7) is 7.29. The van der Waals surface area contributed by atoms with Crippen LogP contribution in [-0.4, -0.2) is 37.0 Å². The fourth-order valence-electron chi connectivity index (χ4n) is 1.53. The maximum atomic E-state index is 10.9. The van der Waals surface area contributed by atoms with Crippen LogP contribution in [0.4, 0.5) is 0 Å². The summed E-state index contributed by atoms with van der Waals surface area (Å²) < 4.78 is 0. The first-order chi connectivity index (χ1) is 8.50. The Bertz CT molecular complexity index is 376. The van der Waals surface area contributed by atoms with Gasteiger partial charge in [-0.05, 0) is 46.5 Å². The highest BCUT2D eigenvalue weighted by Crippen LogP contribution is 2.13. The van der Waals surface area contributed by atoms with Gasteiger partial charge >= 0.3 is 0 Å². The second kappa shape index (κ2) is 7.51. The van der Waals surface area contributed by atoms with Crippen LogP contribution in [0.25, 0.3) is 0 Å². The van der Waals surface area contributed by atoms with Crippen LogP contribution >= 0.6 is 11.3 Å². The lowest BCUT2D eigenvalue weighted by Crippen LogP contribution is -2.29. The maximum Gasteiger partial charge on any atom is 0.249 e. The van der Waals surface area contributed by atoms with Crippen LogP contribution in [0.2, 0.25) is 0 Å². The van der Waals surface area contributed by atoms with E-state index < -0.39 is 0 Å². The molecule has 1 amide bonds. The van der Waals surface area contributed by atoms with Crippen LogP contribution in [0.3, 0.4) is 0 Å². The second-order valence-corrected chi connectivity index (χ2v) is 5.77. The third kappa shape index (κ3) is 5.16. The van der Waals surface area contributed by atoms with Crippen LogP contribution in [0, 0.1) is 0 Å². The first-order valence-electron chi connectivity index (χ1n) is 6.29. The van der Waals surface area contributed by atoms with E-state index in [0.717, 1.165) is 30.9 Å². The van der Waals surface area contributed by atoms with Crippen LogP contribution in [0.5, 0.6) is 0 Å². The number of thiophene rings is 1. The number of nitrogens with one attached hydrogen (secondary N) is 1. The summed E-state index contributed by atoms with van der Waals surface area (Å²) in [5, 5.41) is 5.19. The number of hydrogen-bond acceptors (Lipinski definition) is 4. The van der Waals surface area contributed by atoms with E-state index >= 15 is 0 Å². The number of nitrogens with zero attached hydrogens (tertiary/aromatic N) is 1. The predicted octanol–water partition coefficient (Wildman–Crippen LogP) is 1.67. The Hall–Kier alpha value is -0.910. The molecule has 0 bridgehead atoms. The number of carbonyl (C=O) groups excluding carboxylic acids is 1. The van der Waals surface area contributed by atoms with Gasteiger partial charge in [-0.25, -0.2) is 0 Å². The zero-order valence-electron chi connectivity index (χ0n) is 11.4. The normalized spacial score (nSPS) is 11.4. The Morgan fingerprint density at radius 3 is 2.83 bits per heavy atom. The fourth-order valence-corrected chi connectivity index (χ4v) is 2.37. The molecule has 0 unspecified atom stereocenters. The van der Waals surface area contributed by atoms with Crippen molar-refractivity contribution < 1.29 is 4.79 Å². The molecule has 0 aromatic carbocycles. The van der Waals surface area contributed by atoms with E-state index in [1.807, 2.05) is 11.4 Å². The summed E-state index contributed by atoms with van der Waals surface area (Å²) >= 11 is 1.57. The van der Waals surface area contributed by atoms with Crippen LogP contribution in [0.15, 0.2) is 11.4 Å². The average molecular weight is 269 g/mol. The Balaban J connectivity index is 2.16. The number of amides is 1. The van der Waals surface area contributed by atoms with Gasteiger partial charge in [-0.15, -0.1) is 11.3 Å². The molecular weight excluding hydrogens is 246 g/mol. The third-order valence-electron chi connectivity index (χ3n) is 2.98. The Morgan fingerprint density at radius 2 is 2.28 bits per heavy atom. The number of primary amides is 1. The largest absolute Gasteiger partial charge is 0.366 e. The monoisotopic (exact) mass is 269 g/mol. The van der Waals surface area contributed by atoms with Gasteiger partial charge in [0.05, 0.1) is 5.56 Å². The molecule has 5 heteroatoms. The molecule has 0 aliphatic rings. The van der Waals surface area contributed by atoms with Gasteiger partial charge in [-0.2, -0.15) is 0 Å². The minimum atomic E-state index is -0.351. The molecule has 0 radical (unpaired) electrons. The summed E-state index contributed by atoms with van der Waals surface area (Å²) in [5.74, 6) is -0.351. The topological polar surface area (TPSA) is 58.4 Å². The molecule has 1 aromatic rings. The van der Waals surface area contributed by atoms with E-state index in [1.165, 1.54) is 0 Å². The van der Waals surface area contributed by atoms with Crippen molar-refractivity contribution >= 4 is 17.2 Å². The van der Waals surface area contributed by atoms with Crippen molar-refractivity contribution in [2.24, 2.45) is 5.73 Å². The first kappa shape index (κ1) is 15.1. The molecule has 0 aliphatic heterocycles. The molecule has 1 rings (SSSR count). The van der Waals surface area contributed by atoms with Crippen molar-refractivity contribution in [1.29, 1.82) is 0 Å². The fraction of sp³-hybridized carbons (Fsp3) is 0.615. The van der Waals surface area contributed by atoms with E-state index in [4.69, 9.17) is 5.73 Å². The summed E-state index contributed by atoms with van der Waals surface area (Å²) in [7, 11) is 2.14. The average Bonchev–Trinajstić information content (AvgIpc) is 2.77. The molecule has 102 valence electrons. The van der Waals surface area contributed by atoms with Crippen molar-refractivity contribution in [2.75, 3.05) is 20.1 Å². The molecule has 0 fully saturated rings. The highest BCUT2D eigenvalue weighted by atomic mass is 32.1. The highest BCUT2D eigenvalue weighted by Gasteiger charge is 2.04. The lowest BCUT2D eigenvalue weighted by Gasteiger charge is -2.20. The summed E-state index contributed by atoms with van der Waals surface area (Å²) in [5.41, 5.74) is 5.81. The standard InChI is InChI=1S/C13H23N3OS/c1-10(2)16(3)6-4-5-15-8-12-7-11(9-18-12)13(14)17/h7,9-10,15H,4-6,8H2,1-3H3,(H2,14,17). The Kier molecular flexibility index (Phi) is 6.32. The van der Waals surface area contributed by atoms with Gasteiger partial charge in [-0.3, -0.25) is 4.79 Å². The van der Waals surface area contributed by atoms with E-state index in [-0.39, 0.29) is 5.91 Å². The van der Waals surface area contributed by atoms with Gasteiger partial charge in [0.15, 0.2) is 0 Å². The van der Waals surface area contributed by atoms with Gasteiger partial charge in [0, 0.05) is 22.8 Å². The second-order valence-electron chi connectivity index (χ2n) is 4.77. The van der Waals surface area contributed by atoms with Crippen LogP contribution in [0.1, 0.15) is 35.5 Å². The predicted molar refractivity (Wildman–Crippen MR) is 76.9 cm³/mol. The summed E-state index contributed by atoms with van der Waals surface area (Å²) in [6.07, 6.45) is 1.13. The number of rotatable bonds is 8. The molecular formula is C13H23N3OS. The zero-order valence-corrected chi connectivity index (χ0v) is 12.2. The molecule has 0 saturated heterocycles. The summed E-state index contributed by atoms with van der Waals surface area (Å²) in [6, 6.07) is 2.46. The lowest BCUT2D eigenvalue weighted by atomic mass is 10.3. The molecule has 0 spiro atoms. The lowest BCUT2D eigenvalue weighted by molar-refractivity contribution is 0.100. The molecule has 18 heavy (non-hydrogen) atoms. The van der Waals surface area contributed by atoms with Gasteiger partial charge < -0.3 is 16.0 Å². The number of nitrogens with two attached hydrogens (primary N) is 1. The first-order valence-corrected chi connectivity index (χ1v) is 7.17. The van der Waals surface area contributed by atoms with Gasteiger partial charge in [0.1, 0.15) is 0 Å². The zero-order chi connectivity index (χ0) is 13.5. The van der Waals surface area contributed by atoms with Crippen molar-refractivity contribution in [3.05, 3.63) is 21.9 Å². The maximum absolute atomic E-state index is 10.9. The van der Waals surface area contributed by atoms with Gasteiger partial charge in [0.2, 0.25) is 5.91 Å². The SMILES string of the molecule is CC(C)N(C)CCCNCc1cc(C(N)=O)cs1. The van der Waals surface area contributed by atoms with Crippen LogP contribution < -0.4 is 11.1 Å². The van der Waals surface area contributed by atoms with Crippen molar-refractivity contribution in [2.45, 2.75) is 32.9 Å². The van der Waals surface area contributed by atoms with E-state index in [2.05, 4.69) is 31.1 Å². The number of hydrogen-bond donors (Lipinski definition) is 2. The number of carbonyl (C=O) groups is 1. The van der Waals surface area contributed by atoms with Gasteiger partial charge in [-0.1, -0.05) is 0 Å². The van der Waals surface area contributed by atoms with Crippen molar-refractivity contribution in [1.82, 2.24) is 10.2 Å². The van der Waals surface area contributed by atoms with Gasteiger partial charge in [0.25, 0.3) is 0 Å². The highest BCUT2D eigenvalue weighted by molar-refractivity contribution is 7.10. The Labute approximate surface area is 113 Å². The molecule has 1 aromatic heterocycles.